The van der Waals surface area contributed by atoms with E-state index in [-0.39, 0.29) is 23.6 Å². The highest BCUT2D eigenvalue weighted by atomic mass is 32.1. The van der Waals surface area contributed by atoms with E-state index < -0.39 is 6.04 Å². The normalized spacial score (nSPS) is 14.2. The Kier molecular flexibility index (Phi) is 5.67. The summed E-state index contributed by atoms with van der Waals surface area (Å²) in [5.74, 6) is -0.439. The molecule has 1 aliphatic carbocycles. The van der Waals surface area contributed by atoms with Gasteiger partial charge in [-0.2, -0.15) is 0 Å². The zero-order valence-corrected chi connectivity index (χ0v) is 16.9. The molecule has 0 spiro atoms. The van der Waals surface area contributed by atoms with Crippen molar-refractivity contribution >= 4 is 23.3 Å². The number of hydrogen-bond acceptors (Lipinski definition) is 5. The first-order valence-electron chi connectivity index (χ1n) is 9.61. The number of carbonyl (C=O) groups is 2. The molecule has 1 atom stereocenters. The fraction of sp³-hybridized carbons (Fsp3) is 0.273. The number of hydrogen-bond donors (Lipinski definition) is 1. The highest BCUT2D eigenvalue weighted by Crippen LogP contribution is 2.36. The topological polar surface area (TPSA) is 75.2 Å². The molecule has 29 heavy (non-hydrogen) atoms. The lowest BCUT2D eigenvalue weighted by atomic mass is 10.0. The smallest absolute Gasteiger partial charge is 0.276 e. The maximum Gasteiger partial charge on any atom is 0.276 e. The summed E-state index contributed by atoms with van der Waals surface area (Å²) in [6.07, 6.45) is 1.77. The molecule has 1 fully saturated rings. The molecule has 1 heterocycles. The zero-order valence-electron chi connectivity index (χ0n) is 16.1. The van der Waals surface area contributed by atoms with Crippen LogP contribution in [0, 0.1) is 6.92 Å². The van der Waals surface area contributed by atoms with Gasteiger partial charge in [-0.1, -0.05) is 64.6 Å². The number of nitrogens with zero attached hydrogens (tertiary/aromatic N) is 3. The van der Waals surface area contributed by atoms with E-state index in [4.69, 9.17) is 0 Å². The molecule has 2 amide bonds. The van der Waals surface area contributed by atoms with Crippen LogP contribution in [0.1, 0.15) is 46.1 Å². The first-order valence-corrected chi connectivity index (χ1v) is 10.4. The summed E-state index contributed by atoms with van der Waals surface area (Å²) in [6.45, 7) is 2.39. The van der Waals surface area contributed by atoms with Gasteiger partial charge in [0.1, 0.15) is 6.04 Å². The minimum atomic E-state index is -0.708. The first kappa shape index (κ1) is 19.3. The largest absolute Gasteiger partial charge is 0.350 e. The Morgan fingerprint density at radius 2 is 1.97 bits per heavy atom. The maximum atomic E-state index is 13.3. The van der Waals surface area contributed by atoms with Crippen molar-refractivity contribution in [2.75, 3.05) is 0 Å². The molecule has 1 unspecified atom stereocenters. The molecular weight excluding hydrogens is 384 g/mol. The standard InChI is InChI=1S/C22H22N4O2S/c1-15-6-5-9-17(12-15)20(21(27)23-13-16-7-3-2-4-8-16)26(18-10-11-18)22(28)19-14-29-25-24-19/h2-9,12,14,18,20H,10-11,13H2,1H3,(H,23,27). The van der Waals surface area contributed by atoms with Crippen molar-refractivity contribution in [3.8, 4) is 0 Å². The van der Waals surface area contributed by atoms with Crippen LogP contribution in [0.4, 0.5) is 0 Å². The third-order valence-corrected chi connectivity index (χ3v) is 5.45. The van der Waals surface area contributed by atoms with Crippen LogP contribution in [-0.2, 0) is 11.3 Å². The Morgan fingerprint density at radius 3 is 2.62 bits per heavy atom. The number of nitrogens with one attached hydrogen (secondary N) is 1. The van der Waals surface area contributed by atoms with E-state index in [0.717, 1.165) is 41.1 Å². The van der Waals surface area contributed by atoms with Crippen molar-refractivity contribution in [2.45, 2.75) is 38.4 Å². The third kappa shape index (κ3) is 4.51. The third-order valence-electron chi connectivity index (χ3n) is 4.95. The van der Waals surface area contributed by atoms with E-state index in [2.05, 4.69) is 14.9 Å². The predicted molar refractivity (Wildman–Crippen MR) is 111 cm³/mol. The molecule has 0 saturated heterocycles. The van der Waals surface area contributed by atoms with Gasteiger partial charge < -0.3 is 10.2 Å². The number of benzene rings is 2. The summed E-state index contributed by atoms with van der Waals surface area (Å²) in [5.41, 5.74) is 3.15. The van der Waals surface area contributed by atoms with Gasteiger partial charge in [0.25, 0.3) is 5.91 Å². The Bertz CT molecular complexity index is 987. The lowest BCUT2D eigenvalue weighted by molar-refractivity contribution is -0.126. The van der Waals surface area contributed by atoms with Crippen LogP contribution in [0.25, 0.3) is 0 Å². The molecule has 2 aromatic carbocycles. The molecular formula is C22H22N4O2S. The number of rotatable bonds is 7. The lowest BCUT2D eigenvalue weighted by Gasteiger charge is -2.31. The Morgan fingerprint density at radius 1 is 1.17 bits per heavy atom. The van der Waals surface area contributed by atoms with Crippen LogP contribution < -0.4 is 5.32 Å². The van der Waals surface area contributed by atoms with Crippen LogP contribution in [0.5, 0.6) is 0 Å². The highest BCUT2D eigenvalue weighted by Gasteiger charge is 2.42. The predicted octanol–water partition coefficient (Wildman–Crippen LogP) is 3.51. The monoisotopic (exact) mass is 406 g/mol. The molecule has 6 nitrogen and oxygen atoms in total. The molecule has 0 aliphatic heterocycles. The van der Waals surface area contributed by atoms with E-state index in [1.165, 1.54) is 0 Å². The molecule has 7 heteroatoms. The van der Waals surface area contributed by atoms with Crippen LogP contribution in [0.15, 0.2) is 60.0 Å². The lowest BCUT2D eigenvalue weighted by Crippen LogP contribution is -2.45. The van der Waals surface area contributed by atoms with Crippen molar-refractivity contribution in [1.82, 2.24) is 19.8 Å². The molecule has 148 valence electrons. The minimum absolute atomic E-state index is 0.0391. The van der Waals surface area contributed by atoms with E-state index in [1.807, 2.05) is 61.5 Å². The average Bonchev–Trinajstić information content (AvgIpc) is 3.42. The second-order valence-corrected chi connectivity index (χ2v) is 7.86. The van der Waals surface area contributed by atoms with E-state index in [1.54, 1.807) is 10.3 Å². The van der Waals surface area contributed by atoms with Crippen molar-refractivity contribution < 1.29 is 9.59 Å². The van der Waals surface area contributed by atoms with Crippen LogP contribution in [0.2, 0.25) is 0 Å². The molecule has 1 saturated carbocycles. The van der Waals surface area contributed by atoms with Crippen molar-refractivity contribution in [3.63, 3.8) is 0 Å². The number of aromatic nitrogens is 2. The van der Waals surface area contributed by atoms with Crippen LogP contribution in [-0.4, -0.2) is 32.3 Å². The van der Waals surface area contributed by atoms with Gasteiger partial charge in [0.05, 0.1) is 0 Å². The van der Waals surface area contributed by atoms with Crippen LogP contribution in [0.3, 0.4) is 0 Å². The Hall–Kier alpha value is -3.06. The summed E-state index contributed by atoms with van der Waals surface area (Å²) < 4.78 is 3.82. The molecule has 0 bridgehead atoms. The first-order chi connectivity index (χ1) is 14.1. The van der Waals surface area contributed by atoms with E-state index in [9.17, 15) is 9.59 Å². The van der Waals surface area contributed by atoms with Gasteiger partial charge in [-0.25, -0.2) is 0 Å². The van der Waals surface area contributed by atoms with E-state index in [0.29, 0.717) is 6.54 Å². The van der Waals surface area contributed by atoms with Crippen molar-refractivity contribution in [2.24, 2.45) is 0 Å². The van der Waals surface area contributed by atoms with Crippen LogP contribution >= 0.6 is 11.5 Å². The molecule has 0 radical (unpaired) electrons. The van der Waals surface area contributed by atoms with Gasteiger partial charge in [0.15, 0.2) is 5.69 Å². The Labute approximate surface area is 173 Å². The van der Waals surface area contributed by atoms with Gasteiger partial charge in [0, 0.05) is 18.0 Å². The zero-order chi connectivity index (χ0) is 20.2. The van der Waals surface area contributed by atoms with Gasteiger partial charge in [-0.15, -0.1) is 5.10 Å². The fourth-order valence-corrected chi connectivity index (χ4v) is 3.83. The number of carbonyl (C=O) groups excluding carboxylic acids is 2. The van der Waals surface area contributed by atoms with Crippen molar-refractivity contribution in [3.05, 3.63) is 82.4 Å². The summed E-state index contributed by atoms with van der Waals surface area (Å²) in [4.78, 5) is 28.2. The van der Waals surface area contributed by atoms with E-state index >= 15 is 0 Å². The summed E-state index contributed by atoms with van der Waals surface area (Å²) in [6, 6.07) is 16.9. The molecule has 3 aromatic rings. The van der Waals surface area contributed by atoms with Gasteiger partial charge >= 0.3 is 0 Å². The Balaban J connectivity index is 1.65. The molecule has 1 aliphatic rings. The fourth-order valence-electron chi connectivity index (χ4n) is 3.40. The number of aryl methyl sites for hydroxylation is 1. The number of amides is 2. The van der Waals surface area contributed by atoms with Gasteiger partial charge in [0.2, 0.25) is 5.91 Å². The second kappa shape index (κ2) is 8.53. The van der Waals surface area contributed by atoms with Crippen molar-refractivity contribution in [1.29, 1.82) is 0 Å². The second-order valence-electron chi connectivity index (χ2n) is 7.25. The summed E-state index contributed by atoms with van der Waals surface area (Å²) >= 11 is 1.13. The molecule has 1 N–H and O–H groups in total. The summed E-state index contributed by atoms with van der Waals surface area (Å²) in [7, 11) is 0. The van der Waals surface area contributed by atoms with Gasteiger partial charge in [-0.05, 0) is 42.4 Å². The average molecular weight is 407 g/mol. The van der Waals surface area contributed by atoms with Gasteiger partial charge in [-0.3, -0.25) is 9.59 Å². The quantitative estimate of drug-likeness (QED) is 0.652. The molecule has 4 rings (SSSR count). The highest BCUT2D eigenvalue weighted by molar-refractivity contribution is 7.03. The summed E-state index contributed by atoms with van der Waals surface area (Å²) in [5, 5.41) is 8.59. The molecule has 1 aromatic heterocycles. The SMILES string of the molecule is Cc1cccc(C(C(=O)NCc2ccccc2)N(C(=O)c2csnn2)C2CC2)c1. The maximum absolute atomic E-state index is 13.3. The minimum Gasteiger partial charge on any atom is -0.350 e.